The lowest BCUT2D eigenvalue weighted by molar-refractivity contribution is -0.930. The molecule has 0 aliphatic heterocycles. The summed E-state index contributed by atoms with van der Waals surface area (Å²) in [6, 6.07) is 0. The third-order valence-corrected chi connectivity index (χ3v) is 4.38. The highest BCUT2D eigenvalue weighted by atomic mass is 15.3. The maximum absolute atomic E-state index is 2.39. The fourth-order valence-electron chi connectivity index (χ4n) is 3.14. The maximum Gasteiger partial charge on any atom is 0.0885 e. The third kappa shape index (κ3) is 5.95. The Kier molecular flexibility index (Phi) is 8.13. The predicted octanol–water partition coefficient (Wildman–Crippen LogP) is 4.95. The summed E-state index contributed by atoms with van der Waals surface area (Å²) in [4.78, 5) is 0. The van der Waals surface area contributed by atoms with Crippen molar-refractivity contribution in [2.45, 2.75) is 59.3 Å². The van der Waals surface area contributed by atoms with Gasteiger partial charge < -0.3 is 4.48 Å². The lowest BCUT2D eigenvalue weighted by Crippen LogP contribution is -2.52. The van der Waals surface area contributed by atoms with Gasteiger partial charge >= 0.3 is 0 Å². The van der Waals surface area contributed by atoms with Gasteiger partial charge in [0.25, 0.3) is 0 Å². The molecular formula is C18H34N+. The molecule has 0 amide bonds. The van der Waals surface area contributed by atoms with Crippen molar-refractivity contribution in [3.05, 3.63) is 24.3 Å². The predicted molar refractivity (Wildman–Crippen MR) is 86.2 cm³/mol. The fourth-order valence-corrected chi connectivity index (χ4v) is 3.14. The van der Waals surface area contributed by atoms with Crippen LogP contribution in [0.15, 0.2) is 24.3 Å². The van der Waals surface area contributed by atoms with Crippen LogP contribution in [0.25, 0.3) is 0 Å². The van der Waals surface area contributed by atoms with Crippen LogP contribution in [0.3, 0.4) is 0 Å². The van der Waals surface area contributed by atoms with Gasteiger partial charge in [-0.25, -0.2) is 0 Å². The Morgan fingerprint density at radius 2 is 1.16 bits per heavy atom. The first kappa shape index (κ1) is 16.5. The van der Waals surface area contributed by atoms with Crippen LogP contribution in [-0.4, -0.2) is 30.7 Å². The number of unbranched alkanes of at least 4 members (excludes halogenated alkanes) is 3. The van der Waals surface area contributed by atoms with E-state index < -0.39 is 0 Å². The van der Waals surface area contributed by atoms with E-state index in [1.807, 2.05) is 0 Å². The van der Waals surface area contributed by atoms with Crippen molar-refractivity contribution in [2.75, 3.05) is 26.2 Å². The maximum atomic E-state index is 2.39. The Labute approximate surface area is 121 Å². The summed E-state index contributed by atoms with van der Waals surface area (Å²) < 4.78 is 1.36. The van der Waals surface area contributed by atoms with Crippen molar-refractivity contribution in [3.63, 3.8) is 0 Å². The molecule has 1 nitrogen and oxygen atoms in total. The van der Waals surface area contributed by atoms with Crippen molar-refractivity contribution in [2.24, 2.45) is 5.92 Å². The first-order valence-corrected chi connectivity index (χ1v) is 8.46. The van der Waals surface area contributed by atoms with Crippen LogP contribution in [0.2, 0.25) is 0 Å². The molecule has 0 saturated heterocycles. The van der Waals surface area contributed by atoms with Gasteiger partial charge in [-0.1, -0.05) is 64.3 Å². The van der Waals surface area contributed by atoms with E-state index in [1.165, 1.54) is 69.2 Å². The molecular weight excluding hydrogens is 230 g/mol. The van der Waals surface area contributed by atoms with Gasteiger partial charge in [0.15, 0.2) is 0 Å². The van der Waals surface area contributed by atoms with Crippen LogP contribution < -0.4 is 0 Å². The van der Waals surface area contributed by atoms with E-state index in [9.17, 15) is 0 Å². The van der Waals surface area contributed by atoms with Crippen molar-refractivity contribution < 1.29 is 4.48 Å². The molecule has 0 unspecified atom stereocenters. The Morgan fingerprint density at radius 3 is 1.53 bits per heavy atom. The van der Waals surface area contributed by atoms with Gasteiger partial charge in [0.1, 0.15) is 0 Å². The van der Waals surface area contributed by atoms with Crippen LogP contribution in [0, 0.1) is 5.92 Å². The van der Waals surface area contributed by atoms with Crippen molar-refractivity contribution in [3.8, 4) is 0 Å². The Morgan fingerprint density at radius 1 is 0.737 bits per heavy atom. The molecule has 0 heterocycles. The van der Waals surface area contributed by atoms with Gasteiger partial charge in [-0.05, 0) is 19.3 Å². The van der Waals surface area contributed by atoms with Gasteiger partial charge in [-0.15, -0.1) is 0 Å². The largest absolute Gasteiger partial charge is 0.323 e. The lowest BCUT2D eigenvalue weighted by Gasteiger charge is -2.40. The molecule has 0 fully saturated rings. The van der Waals surface area contributed by atoms with Gasteiger partial charge in [0.05, 0.1) is 26.2 Å². The first-order chi connectivity index (χ1) is 9.26. The van der Waals surface area contributed by atoms with Crippen LogP contribution >= 0.6 is 0 Å². The smallest absolute Gasteiger partial charge is 0.0885 e. The van der Waals surface area contributed by atoms with Gasteiger partial charge in [-0.2, -0.15) is 0 Å². The Balaban J connectivity index is 2.67. The van der Waals surface area contributed by atoms with Gasteiger partial charge in [0, 0.05) is 5.92 Å². The minimum absolute atomic E-state index is 0.686. The number of rotatable bonds is 11. The Bertz CT molecular complexity index is 244. The zero-order valence-corrected chi connectivity index (χ0v) is 13.4. The quantitative estimate of drug-likeness (QED) is 0.463. The summed E-state index contributed by atoms with van der Waals surface area (Å²) in [6.07, 6.45) is 17.3. The van der Waals surface area contributed by atoms with Crippen LogP contribution in [0.5, 0.6) is 0 Å². The number of hydrogen-bond acceptors (Lipinski definition) is 0. The molecule has 0 aromatic heterocycles. The van der Waals surface area contributed by atoms with E-state index in [-0.39, 0.29) is 0 Å². The van der Waals surface area contributed by atoms with E-state index in [1.54, 1.807) is 0 Å². The second kappa shape index (κ2) is 9.36. The zero-order chi connectivity index (χ0) is 14.0. The average molecular weight is 264 g/mol. The summed E-state index contributed by atoms with van der Waals surface area (Å²) in [7, 11) is 0. The van der Waals surface area contributed by atoms with Crippen molar-refractivity contribution in [1.29, 1.82) is 0 Å². The molecule has 0 aromatic rings. The molecule has 1 aliphatic rings. The second-order valence-electron chi connectivity index (χ2n) is 6.19. The fraction of sp³-hybridized carbons (Fsp3) is 0.778. The highest BCUT2D eigenvalue weighted by Gasteiger charge is 2.28. The molecule has 0 spiro atoms. The number of nitrogens with zero attached hydrogens (tertiary/aromatic N) is 1. The monoisotopic (exact) mass is 264 g/mol. The number of quaternary nitrogens is 1. The Hall–Kier alpha value is -0.560. The second-order valence-corrected chi connectivity index (χ2v) is 6.19. The summed E-state index contributed by atoms with van der Waals surface area (Å²) in [5.41, 5.74) is 0. The van der Waals surface area contributed by atoms with Crippen LogP contribution in [0.4, 0.5) is 0 Å². The minimum atomic E-state index is 0.686. The molecule has 0 atom stereocenters. The van der Waals surface area contributed by atoms with E-state index in [0.717, 1.165) is 0 Å². The molecule has 0 aromatic carbocycles. The lowest BCUT2D eigenvalue weighted by atomic mass is 10.1. The average Bonchev–Trinajstić information content (AvgIpc) is 2.93. The molecule has 110 valence electrons. The van der Waals surface area contributed by atoms with Crippen LogP contribution in [0.1, 0.15) is 59.3 Å². The van der Waals surface area contributed by atoms with Crippen LogP contribution in [-0.2, 0) is 0 Å². The summed E-state index contributed by atoms with van der Waals surface area (Å²) in [5, 5.41) is 0. The summed E-state index contributed by atoms with van der Waals surface area (Å²) in [6.45, 7) is 12.4. The normalized spacial score (nSPS) is 15.5. The first-order valence-electron chi connectivity index (χ1n) is 8.46. The summed E-state index contributed by atoms with van der Waals surface area (Å²) in [5.74, 6) is 0.686. The topological polar surface area (TPSA) is 0 Å². The molecule has 1 aliphatic carbocycles. The molecule has 0 N–H and O–H groups in total. The van der Waals surface area contributed by atoms with Crippen molar-refractivity contribution in [1.82, 2.24) is 0 Å². The molecule has 1 rings (SSSR count). The third-order valence-electron chi connectivity index (χ3n) is 4.38. The molecule has 0 bridgehead atoms. The van der Waals surface area contributed by atoms with Crippen molar-refractivity contribution >= 4 is 0 Å². The van der Waals surface area contributed by atoms with E-state index in [2.05, 4.69) is 45.1 Å². The number of hydrogen-bond donors (Lipinski definition) is 0. The molecule has 0 saturated carbocycles. The number of allylic oxidation sites excluding steroid dienone is 2. The summed E-state index contributed by atoms with van der Waals surface area (Å²) >= 11 is 0. The van der Waals surface area contributed by atoms with Gasteiger partial charge in [-0.3, -0.25) is 0 Å². The standard InChI is InChI=1S/C18H34N/c1-4-7-14-19(15-8-5-2,16-9-6-3)17-18-12-10-11-13-18/h10-13,18H,4-9,14-17H2,1-3H3/q+1. The zero-order valence-electron chi connectivity index (χ0n) is 13.4. The molecule has 1 heteroatoms. The minimum Gasteiger partial charge on any atom is -0.323 e. The van der Waals surface area contributed by atoms with E-state index in [0.29, 0.717) is 5.92 Å². The SMILES string of the molecule is CCCC[N+](CCCC)(CCCC)CC1C=CC=C1. The van der Waals surface area contributed by atoms with E-state index in [4.69, 9.17) is 0 Å². The molecule has 0 radical (unpaired) electrons. The highest BCUT2D eigenvalue weighted by Crippen LogP contribution is 2.21. The molecule has 19 heavy (non-hydrogen) atoms. The van der Waals surface area contributed by atoms with Gasteiger partial charge in [0.2, 0.25) is 0 Å². The highest BCUT2D eigenvalue weighted by molar-refractivity contribution is 5.17. The van der Waals surface area contributed by atoms with E-state index >= 15 is 0 Å².